The van der Waals surface area contributed by atoms with E-state index < -0.39 is 17.7 Å². The second kappa shape index (κ2) is 15.3. The van der Waals surface area contributed by atoms with Crippen molar-refractivity contribution in [1.82, 2.24) is 35.1 Å². The number of benzene rings is 2. The number of likely N-dealkylation sites (tertiary alicyclic amines) is 1. The molecule has 53 heavy (non-hydrogen) atoms. The topological polar surface area (TPSA) is 155 Å². The lowest BCUT2D eigenvalue weighted by Crippen LogP contribution is -2.48. The molecule has 278 valence electrons. The first-order valence-corrected chi connectivity index (χ1v) is 18.3. The number of methoxy groups -OCH3 is 1. The summed E-state index contributed by atoms with van der Waals surface area (Å²) in [5, 5.41) is 2.69. The fourth-order valence-electron chi connectivity index (χ4n) is 7.30. The van der Waals surface area contributed by atoms with Gasteiger partial charge in [-0.3, -0.25) is 9.69 Å². The molecular formula is C40H47N7O6. The number of aromatic nitrogens is 4. The lowest BCUT2D eigenvalue weighted by Gasteiger charge is -2.27. The first-order valence-electron chi connectivity index (χ1n) is 18.3. The summed E-state index contributed by atoms with van der Waals surface area (Å²) in [5.74, 6) is 1.31. The van der Waals surface area contributed by atoms with Gasteiger partial charge in [0, 0.05) is 18.7 Å². The molecule has 2 saturated heterocycles. The standard InChI is InChI=1S/C40H47N7O6/c1-40(2,3)53-39(50)47-21-8-10-32(47)35-41-23-30(42-35)27-16-12-25(13-17-27)26-14-18-28(19-15-26)34-31-24-52-22-6-5-9-29(44-38(49)51-4)37(48)46-20-7-11-33(46)36(43-31)45-34/h5-6,12-19,23,29,32-33H,7-11,20-22,24H2,1-4H3,(H,41,42)(H,43,45)(H,44,49)/b6-5+. The lowest BCUT2D eigenvalue weighted by atomic mass is 10.0. The average molecular weight is 722 g/mol. The molecule has 0 aliphatic carbocycles. The SMILES string of the molecule is COC(=O)NC1C/C=C/COCc2[nH]c(nc2-c2ccc(-c3ccc(-c4cnc(C5CCCN5C(=O)OC(C)(C)C)[nH]4)cc3)cc2)C2CCCN2C1=O. The van der Waals surface area contributed by atoms with Crippen LogP contribution in [0.3, 0.4) is 0 Å². The molecule has 3 unspecified atom stereocenters. The molecule has 7 rings (SSSR count). The van der Waals surface area contributed by atoms with Crippen LogP contribution in [0.25, 0.3) is 33.6 Å². The third kappa shape index (κ3) is 7.99. The van der Waals surface area contributed by atoms with Gasteiger partial charge in [-0.05, 0) is 69.6 Å². The molecule has 5 heterocycles. The number of fused-ring (bicyclic) bond motifs is 4. The van der Waals surface area contributed by atoms with Crippen LogP contribution in [0.5, 0.6) is 0 Å². The largest absolute Gasteiger partial charge is 0.453 e. The summed E-state index contributed by atoms with van der Waals surface area (Å²) >= 11 is 0. The number of nitrogens with zero attached hydrogens (tertiary/aromatic N) is 4. The monoisotopic (exact) mass is 721 g/mol. The lowest BCUT2D eigenvalue weighted by molar-refractivity contribution is -0.134. The van der Waals surface area contributed by atoms with Crippen molar-refractivity contribution in [3.05, 3.63) is 84.2 Å². The Bertz CT molecular complexity index is 1960. The molecule has 0 saturated carbocycles. The first kappa shape index (κ1) is 36.0. The summed E-state index contributed by atoms with van der Waals surface area (Å²) in [6, 6.07) is 15.5. The van der Waals surface area contributed by atoms with E-state index in [4.69, 9.17) is 19.2 Å². The fourth-order valence-corrected chi connectivity index (χ4v) is 7.30. The van der Waals surface area contributed by atoms with Crippen LogP contribution in [0.4, 0.5) is 9.59 Å². The van der Waals surface area contributed by atoms with Crippen molar-refractivity contribution >= 4 is 18.1 Å². The second-order valence-electron chi connectivity index (χ2n) is 14.7. The number of imidazole rings is 2. The zero-order valence-electron chi connectivity index (χ0n) is 30.7. The number of rotatable bonds is 5. The number of nitrogens with one attached hydrogen (secondary N) is 3. The van der Waals surface area contributed by atoms with Gasteiger partial charge in [-0.2, -0.15) is 0 Å². The molecule has 13 nitrogen and oxygen atoms in total. The van der Waals surface area contributed by atoms with E-state index >= 15 is 0 Å². The van der Waals surface area contributed by atoms with Crippen LogP contribution in [0.2, 0.25) is 0 Å². The molecule has 3 aliphatic rings. The van der Waals surface area contributed by atoms with Gasteiger partial charge in [-0.15, -0.1) is 0 Å². The Labute approximate surface area is 309 Å². The molecule has 3 amide bonds. The Hall–Kier alpha value is -5.43. The van der Waals surface area contributed by atoms with E-state index in [1.54, 1.807) is 4.90 Å². The number of aromatic amines is 2. The van der Waals surface area contributed by atoms with Crippen molar-refractivity contribution in [2.75, 3.05) is 26.8 Å². The molecule has 2 bridgehead atoms. The van der Waals surface area contributed by atoms with E-state index in [2.05, 4.69) is 68.8 Å². The summed E-state index contributed by atoms with van der Waals surface area (Å²) < 4.78 is 16.4. The quantitative estimate of drug-likeness (QED) is 0.185. The van der Waals surface area contributed by atoms with Crippen molar-refractivity contribution in [3.8, 4) is 33.6 Å². The number of carbonyl (C=O) groups is 3. The summed E-state index contributed by atoms with van der Waals surface area (Å²) in [5.41, 5.74) is 6.03. The number of amides is 3. The van der Waals surface area contributed by atoms with Crippen molar-refractivity contribution in [2.45, 2.75) is 83.2 Å². The molecule has 3 N–H and O–H groups in total. The zero-order valence-corrected chi connectivity index (χ0v) is 30.7. The van der Waals surface area contributed by atoms with Crippen molar-refractivity contribution in [1.29, 1.82) is 0 Å². The molecule has 0 radical (unpaired) electrons. The molecule has 3 aliphatic heterocycles. The van der Waals surface area contributed by atoms with Gasteiger partial charge in [0.2, 0.25) is 5.91 Å². The normalized spacial score (nSPS) is 21.3. The zero-order chi connectivity index (χ0) is 37.1. The summed E-state index contributed by atoms with van der Waals surface area (Å²) in [4.78, 5) is 58.8. The van der Waals surface area contributed by atoms with Gasteiger partial charge in [-0.1, -0.05) is 60.7 Å². The minimum Gasteiger partial charge on any atom is -0.453 e. The van der Waals surface area contributed by atoms with Gasteiger partial charge in [-0.25, -0.2) is 19.6 Å². The highest BCUT2D eigenvalue weighted by molar-refractivity contribution is 5.86. The smallest absolute Gasteiger partial charge is 0.410 e. The Morgan fingerprint density at radius 2 is 1.57 bits per heavy atom. The molecule has 3 atom stereocenters. The van der Waals surface area contributed by atoms with Crippen LogP contribution in [-0.2, 0) is 25.6 Å². The van der Waals surface area contributed by atoms with Gasteiger partial charge in [0.1, 0.15) is 23.3 Å². The van der Waals surface area contributed by atoms with Gasteiger partial charge in [0.15, 0.2) is 0 Å². The number of carbonyl (C=O) groups excluding carboxylic acids is 3. The second-order valence-corrected chi connectivity index (χ2v) is 14.7. The van der Waals surface area contributed by atoms with Crippen LogP contribution >= 0.6 is 0 Å². The minimum atomic E-state index is -0.749. The highest BCUT2D eigenvalue weighted by Crippen LogP contribution is 2.36. The van der Waals surface area contributed by atoms with E-state index in [1.807, 2.05) is 44.0 Å². The third-order valence-electron chi connectivity index (χ3n) is 9.90. The molecule has 0 spiro atoms. The van der Waals surface area contributed by atoms with Crippen molar-refractivity contribution in [3.63, 3.8) is 0 Å². The Morgan fingerprint density at radius 1 is 0.887 bits per heavy atom. The maximum absolute atomic E-state index is 13.7. The first-order chi connectivity index (χ1) is 25.6. The minimum absolute atomic E-state index is 0.140. The van der Waals surface area contributed by atoms with E-state index in [1.165, 1.54) is 7.11 Å². The van der Waals surface area contributed by atoms with Gasteiger partial charge in [0.25, 0.3) is 0 Å². The predicted octanol–water partition coefficient (Wildman–Crippen LogP) is 7.07. The Kier molecular flexibility index (Phi) is 10.4. The van der Waals surface area contributed by atoms with Crippen molar-refractivity contribution in [2.24, 2.45) is 0 Å². The number of hydrogen-bond donors (Lipinski definition) is 3. The molecular weight excluding hydrogens is 674 g/mol. The molecule has 4 aromatic rings. The van der Waals surface area contributed by atoms with Gasteiger partial charge >= 0.3 is 12.2 Å². The molecule has 2 fully saturated rings. The van der Waals surface area contributed by atoms with Crippen LogP contribution in [0.1, 0.15) is 82.3 Å². The highest BCUT2D eigenvalue weighted by Gasteiger charge is 2.37. The Morgan fingerprint density at radius 3 is 2.28 bits per heavy atom. The van der Waals surface area contributed by atoms with E-state index in [0.717, 1.165) is 70.8 Å². The maximum atomic E-state index is 13.7. The van der Waals surface area contributed by atoms with Crippen LogP contribution in [0, 0.1) is 0 Å². The van der Waals surface area contributed by atoms with Gasteiger partial charge < -0.3 is 34.4 Å². The maximum Gasteiger partial charge on any atom is 0.410 e. The average Bonchev–Trinajstić information content (AvgIpc) is 3.97. The number of hydrogen-bond acceptors (Lipinski definition) is 8. The molecule has 2 aromatic carbocycles. The van der Waals surface area contributed by atoms with Crippen molar-refractivity contribution < 1.29 is 28.6 Å². The van der Waals surface area contributed by atoms with Crippen LogP contribution in [-0.4, -0.2) is 86.3 Å². The van der Waals surface area contributed by atoms with E-state index in [-0.39, 0.29) is 24.1 Å². The number of ether oxygens (including phenoxy) is 3. The van der Waals surface area contributed by atoms with Crippen LogP contribution in [0.15, 0.2) is 66.9 Å². The Balaban J connectivity index is 1.07. The van der Waals surface area contributed by atoms with E-state index in [0.29, 0.717) is 38.5 Å². The summed E-state index contributed by atoms with van der Waals surface area (Å²) in [7, 11) is 1.29. The molecule has 2 aromatic heterocycles. The van der Waals surface area contributed by atoms with Gasteiger partial charge in [0.05, 0.1) is 55.7 Å². The number of alkyl carbamates (subject to hydrolysis) is 1. The predicted molar refractivity (Wildman–Crippen MR) is 198 cm³/mol. The van der Waals surface area contributed by atoms with Crippen LogP contribution < -0.4 is 5.32 Å². The third-order valence-corrected chi connectivity index (χ3v) is 9.90. The summed E-state index contributed by atoms with van der Waals surface area (Å²) in [6.07, 6.45) is 8.26. The number of H-pyrrole nitrogens is 2. The highest BCUT2D eigenvalue weighted by atomic mass is 16.6. The van der Waals surface area contributed by atoms with E-state index in [9.17, 15) is 14.4 Å². The summed E-state index contributed by atoms with van der Waals surface area (Å²) in [6.45, 7) is 7.53. The molecule has 13 heteroatoms. The fraction of sp³-hybridized carbons (Fsp3) is 0.425.